The minimum Gasteiger partial charge on any atom is -0.497 e. The molecular formula is C26H25N3O7. The van der Waals surface area contributed by atoms with Crippen LogP contribution in [-0.4, -0.2) is 56.1 Å². The number of hydrogen-bond acceptors (Lipinski definition) is 7. The van der Waals surface area contributed by atoms with Crippen molar-refractivity contribution < 1.29 is 33.4 Å². The molecule has 1 heterocycles. The van der Waals surface area contributed by atoms with Gasteiger partial charge >= 0.3 is 5.97 Å². The number of ether oxygens (including phenoxy) is 3. The summed E-state index contributed by atoms with van der Waals surface area (Å²) in [6.45, 7) is -0.571. The van der Waals surface area contributed by atoms with Crippen LogP contribution in [0.4, 0.5) is 5.69 Å². The molecule has 0 spiro atoms. The summed E-state index contributed by atoms with van der Waals surface area (Å²) in [5.41, 5.74) is 3.32. The molecular weight excluding hydrogens is 466 g/mol. The lowest BCUT2D eigenvalue weighted by atomic mass is 10.1. The number of fused-ring (bicyclic) bond motifs is 1. The number of nitrogens with one attached hydrogen (secondary N) is 2. The zero-order chi connectivity index (χ0) is 25.7. The second-order valence-electron chi connectivity index (χ2n) is 8.13. The molecule has 0 saturated carbocycles. The fourth-order valence-electron chi connectivity index (χ4n) is 3.87. The first-order chi connectivity index (χ1) is 17.4. The van der Waals surface area contributed by atoms with Crippen LogP contribution in [0.1, 0.15) is 16.8 Å². The lowest BCUT2D eigenvalue weighted by molar-refractivity contribution is -0.151. The molecule has 1 aliphatic heterocycles. The highest BCUT2D eigenvalue weighted by Gasteiger charge is 2.37. The van der Waals surface area contributed by atoms with Crippen LogP contribution in [0.2, 0.25) is 0 Å². The summed E-state index contributed by atoms with van der Waals surface area (Å²) in [5.74, 6) is -2.20. The Labute approximate surface area is 207 Å². The Balaban J connectivity index is 1.31. The van der Waals surface area contributed by atoms with Gasteiger partial charge in [0.15, 0.2) is 6.61 Å². The molecule has 3 aromatic carbocycles. The number of nitrogens with zero attached hydrogens (tertiary/aromatic N) is 1. The number of carbonyl (C=O) groups excluding carboxylic acids is 4. The zero-order valence-corrected chi connectivity index (χ0v) is 19.8. The van der Waals surface area contributed by atoms with Crippen LogP contribution in [0.25, 0.3) is 10.8 Å². The van der Waals surface area contributed by atoms with Crippen molar-refractivity contribution in [3.63, 3.8) is 0 Å². The summed E-state index contributed by atoms with van der Waals surface area (Å²) in [5, 5.41) is 5.63. The number of benzene rings is 3. The molecule has 1 saturated heterocycles. The third-order valence-corrected chi connectivity index (χ3v) is 5.72. The number of hydrogen-bond donors (Lipinski definition) is 2. The van der Waals surface area contributed by atoms with E-state index in [4.69, 9.17) is 14.2 Å². The molecule has 1 aliphatic rings. The van der Waals surface area contributed by atoms with E-state index in [2.05, 4.69) is 10.7 Å². The maximum absolute atomic E-state index is 12.7. The Morgan fingerprint density at radius 3 is 2.39 bits per heavy atom. The van der Waals surface area contributed by atoms with E-state index in [0.29, 0.717) is 17.2 Å². The predicted molar refractivity (Wildman–Crippen MR) is 130 cm³/mol. The number of anilines is 1. The van der Waals surface area contributed by atoms with E-state index < -0.39 is 36.2 Å². The molecule has 0 unspecified atom stereocenters. The molecule has 3 amide bonds. The summed E-state index contributed by atoms with van der Waals surface area (Å²) in [6.07, 6.45) is -0.147. The summed E-state index contributed by atoms with van der Waals surface area (Å²) >= 11 is 0. The molecule has 3 aromatic rings. The third kappa shape index (κ3) is 5.54. The monoisotopic (exact) mass is 491 g/mol. The zero-order valence-electron chi connectivity index (χ0n) is 19.8. The minimum atomic E-state index is -0.817. The van der Waals surface area contributed by atoms with E-state index in [1.807, 2.05) is 36.4 Å². The van der Waals surface area contributed by atoms with Gasteiger partial charge < -0.3 is 19.5 Å². The van der Waals surface area contributed by atoms with Gasteiger partial charge in [0.1, 0.15) is 11.5 Å². The highest BCUT2D eigenvalue weighted by atomic mass is 16.5. The lowest BCUT2D eigenvalue weighted by Crippen LogP contribution is -2.43. The van der Waals surface area contributed by atoms with Crippen LogP contribution in [0, 0.1) is 5.92 Å². The third-order valence-electron chi connectivity index (χ3n) is 5.72. The normalized spacial score (nSPS) is 14.9. The SMILES string of the molecule is COc1cc(OC)cc(C(=O)NN2C[C@H](C(=O)OCC(=O)Nc3cccc4ccccc34)CC2=O)c1. The number of rotatable bonds is 8. The summed E-state index contributed by atoms with van der Waals surface area (Å²) in [4.78, 5) is 49.9. The van der Waals surface area contributed by atoms with Crippen LogP contribution in [0.5, 0.6) is 11.5 Å². The molecule has 0 bridgehead atoms. The van der Waals surface area contributed by atoms with Crippen molar-refractivity contribution in [2.45, 2.75) is 6.42 Å². The lowest BCUT2D eigenvalue weighted by Gasteiger charge is -2.18. The highest BCUT2D eigenvalue weighted by Crippen LogP contribution is 2.24. The summed E-state index contributed by atoms with van der Waals surface area (Å²) < 4.78 is 15.5. The Bertz CT molecular complexity index is 1300. The largest absolute Gasteiger partial charge is 0.497 e. The molecule has 0 aliphatic carbocycles. The average Bonchev–Trinajstić information content (AvgIpc) is 3.27. The van der Waals surface area contributed by atoms with Gasteiger partial charge in [-0.2, -0.15) is 0 Å². The van der Waals surface area contributed by atoms with Crippen molar-refractivity contribution in [1.29, 1.82) is 0 Å². The van der Waals surface area contributed by atoms with E-state index >= 15 is 0 Å². The van der Waals surface area contributed by atoms with Gasteiger partial charge in [-0.3, -0.25) is 29.6 Å². The van der Waals surface area contributed by atoms with Gasteiger partial charge in [0.25, 0.3) is 11.8 Å². The fourth-order valence-corrected chi connectivity index (χ4v) is 3.87. The average molecular weight is 492 g/mol. The van der Waals surface area contributed by atoms with Gasteiger partial charge in [0, 0.05) is 29.1 Å². The molecule has 10 heteroatoms. The van der Waals surface area contributed by atoms with E-state index in [1.54, 1.807) is 12.1 Å². The number of hydrazine groups is 1. The topological polar surface area (TPSA) is 123 Å². The predicted octanol–water partition coefficient (Wildman–Crippen LogP) is 2.53. The maximum Gasteiger partial charge on any atom is 0.311 e. The Morgan fingerprint density at radius 1 is 0.972 bits per heavy atom. The number of methoxy groups -OCH3 is 2. The first-order valence-corrected chi connectivity index (χ1v) is 11.2. The van der Waals surface area contributed by atoms with E-state index in [0.717, 1.165) is 15.8 Å². The van der Waals surface area contributed by atoms with Crippen molar-refractivity contribution in [3.8, 4) is 11.5 Å². The van der Waals surface area contributed by atoms with Gasteiger partial charge in [0.05, 0.1) is 26.7 Å². The molecule has 2 N–H and O–H groups in total. The van der Waals surface area contributed by atoms with Crippen molar-refractivity contribution in [3.05, 3.63) is 66.2 Å². The minimum absolute atomic E-state index is 0.0740. The van der Waals surface area contributed by atoms with Gasteiger partial charge in [0.2, 0.25) is 5.91 Å². The van der Waals surface area contributed by atoms with Crippen LogP contribution >= 0.6 is 0 Å². The number of amides is 3. The maximum atomic E-state index is 12.7. The molecule has 0 aromatic heterocycles. The molecule has 0 radical (unpaired) electrons. The number of carbonyl (C=O) groups is 4. The Morgan fingerprint density at radius 2 is 1.67 bits per heavy atom. The van der Waals surface area contributed by atoms with Gasteiger partial charge in [-0.05, 0) is 23.6 Å². The fraction of sp³-hybridized carbons (Fsp3) is 0.231. The molecule has 1 atom stereocenters. The smallest absolute Gasteiger partial charge is 0.311 e. The summed E-state index contributed by atoms with van der Waals surface area (Å²) in [6, 6.07) is 17.7. The second-order valence-corrected chi connectivity index (χ2v) is 8.13. The quantitative estimate of drug-likeness (QED) is 0.464. The van der Waals surface area contributed by atoms with Crippen LogP contribution in [0.15, 0.2) is 60.7 Å². The Hall–Kier alpha value is -4.60. The van der Waals surface area contributed by atoms with Crippen molar-refractivity contribution in [2.24, 2.45) is 5.92 Å². The standard InChI is InChI=1S/C26H25N3O7/c1-34-19-10-17(11-20(13-19)35-2)25(32)28-29-14-18(12-24(29)31)26(33)36-15-23(30)27-22-9-5-7-16-6-3-4-8-21(16)22/h3-11,13,18H,12,14-15H2,1-2H3,(H,27,30)(H,28,32)/t18-/m1/s1. The summed E-state index contributed by atoms with van der Waals surface area (Å²) in [7, 11) is 2.91. The first-order valence-electron chi connectivity index (χ1n) is 11.2. The van der Waals surface area contributed by atoms with Crippen molar-refractivity contribution >= 4 is 40.2 Å². The molecule has 186 valence electrons. The van der Waals surface area contributed by atoms with E-state index in [9.17, 15) is 19.2 Å². The first kappa shape index (κ1) is 24.5. The van der Waals surface area contributed by atoms with Gasteiger partial charge in [-0.25, -0.2) is 0 Å². The molecule has 10 nitrogen and oxygen atoms in total. The van der Waals surface area contributed by atoms with Crippen molar-refractivity contribution in [2.75, 3.05) is 32.7 Å². The van der Waals surface area contributed by atoms with E-state index in [-0.39, 0.29) is 18.5 Å². The van der Waals surface area contributed by atoms with Gasteiger partial charge in [-0.15, -0.1) is 0 Å². The van der Waals surface area contributed by atoms with Crippen LogP contribution in [-0.2, 0) is 19.1 Å². The second kappa shape index (κ2) is 10.8. The molecule has 36 heavy (non-hydrogen) atoms. The van der Waals surface area contributed by atoms with Crippen LogP contribution in [0.3, 0.4) is 0 Å². The van der Waals surface area contributed by atoms with Crippen molar-refractivity contribution in [1.82, 2.24) is 10.4 Å². The molecule has 1 fully saturated rings. The van der Waals surface area contributed by atoms with E-state index in [1.165, 1.54) is 26.4 Å². The Kier molecular flexibility index (Phi) is 7.33. The van der Waals surface area contributed by atoms with Crippen LogP contribution < -0.4 is 20.2 Å². The van der Waals surface area contributed by atoms with Gasteiger partial charge in [-0.1, -0.05) is 36.4 Å². The highest BCUT2D eigenvalue weighted by molar-refractivity contribution is 6.03. The number of esters is 1. The molecule has 4 rings (SSSR count).